The van der Waals surface area contributed by atoms with Gasteiger partial charge in [-0.2, -0.15) is 0 Å². The first kappa shape index (κ1) is 16.1. The average molecular weight is 293 g/mol. The third kappa shape index (κ3) is 5.79. The Kier molecular flexibility index (Phi) is 5.64. The third-order valence-corrected chi connectivity index (χ3v) is 2.35. The Labute approximate surface area is 124 Å². The normalized spacial score (nSPS) is 11.2. The van der Waals surface area contributed by atoms with E-state index in [0.717, 1.165) is 11.4 Å². The number of nitrogens with one attached hydrogen (secondary N) is 2. The molecule has 20 heavy (non-hydrogen) atoms. The van der Waals surface area contributed by atoms with Crippen LogP contribution in [0, 0.1) is 5.41 Å². The first-order chi connectivity index (χ1) is 9.31. The summed E-state index contributed by atoms with van der Waals surface area (Å²) < 4.78 is 4.47. The number of hydrogen-bond donors (Lipinski definition) is 2. The van der Waals surface area contributed by atoms with Gasteiger partial charge in [0.25, 0.3) is 0 Å². The highest BCUT2D eigenvalue weighted by atomic mass is 32.1. The molecule has 1 rings (SSSR count). The number of alkyl carbamates (subject to hydrolysis) is 1. The van der Waals surface area contributed by atoms with Gasteiger partial charge in [-0.15, -0.1) is 0 Å². The van der Waals surface area contributed by atoms with Crippen molar-refractivity contribution in [3.63, 3.8) is 0 Å². The molecule has 0 fully saturated rings. The Balaban J connectivity index is 2.83. The number of carbonyl (C=O) groups is 1. The first-order valence-electron chi connectivity index (χ1n) is 6.12. The Bertz CT molecular complexity index is 521. The number of amides is 1. The van der Waals surface area contributed by atoms with Crippen LogP contribution in [0.5, 0.6) is 0 Å². The van der Waals surface area contributed by atoms with Gasteiger partial charge in [-0.25, -0.2) is 4.79 Å². The molecule has 0 spiro atoms. The first-order valence-corrected chi connectivity index (χ1v) is 6.53. The summed E-state index contributed by atoms with van der Waals surface area (Å²) in [6, 6.07) is 7.45. The van der Waals surface area contributed by atoms with Gasteiger partial charge in [0.2, 0.25) is 0 Å². The van der Waals surface area contributed by atoms with Gasteiger partial charge < -0.3 is 10.1 Å². The molecule has 0 aliphatic heterocycles. The Morgan fingerprint density at radius 3 is 2.60 bits per heavy atom. The Morgan fingerprint density at radius 2 is 2.00 bits per heavy atom. The Hall–Kier alpha value is -1.95. The second-order valence-corrected chi connectivity index (χ2v) is 5.62. The zero-order valence-electron chi connectivity index (χ0n) is 12.1. The van der Waals surface area contributed by atoms with Crippen LogP contribution < -0.4 is 10.6 Å². The van der Waals surface area contributed by atoms with Gasteiger partial charge in [0.15, 0.2) is 5.11 Å². The highest BCUT2D eigenvalue weighted by Gasteiger charge is 2.08. The second-order valence-electron chi connectivity index (χ2n) is 5.21. The molecule has 2 N–H and O–H groups in total. The highest BCUT2D eigenvalue weighted by molar-refractivity contribution is 7.80. The quantitative estimate of drug-likeness (QED) is 0.647. The number of thiocarbonyl (C=S) groups is 1. The number of para-hydroxylation sites is 2. The maximum Gasteiger partial charge on any atom is 0.413 e. The molecule has 1 aromatic carbocycles. The molecule has 0 radical (unpaired) electrons. The standard InChI is InChI=1S/C14H19N3O2S/c1-14(2,3)9-15-10-7-5-6-8-11(10)16-12(20)17-13(18)19-4/h5-9H,1-4H3,(H2,16,17,18,20). The molecule has 0 atom stereocenters. The maximum absolute atomic E-state index is 11.1. The van der Waals surface area contributed by atoms with Crippen LogP contribution in [0.25, 0.3) is 0 Å². The summed E-state index contributed by atoms with van der Waals surface area (Å²) in [6.07, 6.45) is 1.25. The summed E-state index contributed by atoms with van der Waals surface area (Å²) in [5.74, 6) is 0. The van der Waals surface area contributed by atoms with Crippen molar-refractivity contribution in [2.75, 3.05) is 12.4 Å². The number of aliphatic imine (C=N–C) groups is 1. The SMILES string of the molecule is COC(=O)NC(=S)Nc1ccccc1N=CC(C)(C)C. The van der Waals surface area contributed by atoms with Crippen molar-refractivity contribution in [3.05, 3.63) is 24.3 Å². The lowest BCUT2D eigenvalue weighted by molar-refractivity contribution is 0.177. The summed E-state index contributed by atoms with van der Waals surface area (Å²) in [7, 11) is 1.28. The van der Waals surface area contributed by atoms with Crippen LogP contribution in [0.1, 0.15) is 20.8 Å². The molecule has 0 aromatic heterocycles. The highest BCUT2D eigenvalue weighted by Crippen LogP contribution is 2.25. The second kappa shape index (κ2) is 7.00. The van der Waals surface area contributed by atoms with Gasteiger partial charge in [-0.3, -0.25) is 10.3 Å². The van der Waals surface area contributed by atoms with Gasteiger partial charge in [0, 0.05) is 6.21 Å². The van der Waals surface area contributed by atoms with Crippen molar-refractivity contribution < 1.29 is 9.53 Å². The van der Waals surface area contributed by atoms with Crippen LogP contribution >= 0.6 is 12.2 Å². The van der Waals surface area contributed by atoms with Crippen LogP contribution in [0.2, 0.25) is 0 Å². The van der Waals surface area contributed by atoms with Crippen molar-refractivity contribution >= 4 is 41.0 Å². The number of rotatable bonds is 2. The average Bonchev–Trinajstić information content (AvgIpc) is 2.36. The van der Waals surface area contributed by atoms with Crippen molar-refractivity contribution in [1.82, 2.24) is 5.32 Å². The monoisotopic (exact) mass is 293 g/mol. The number of benzene rings is 1. The van der Waals surface area contributed by atoms with E-state index in [9.17, 15) is 4.79 Å². The lowest BCUT2D eigenvalue weighted by Gasteiger charge is -2.13. The predicted octanol–water partition coefficient (Wildman–Crippen LogP) is 3.49. The fraction of sp³-hybridized carbons (Fsp3) is 0.357. The predicted molar refractivity (Wildman–Crippen MR) is 85.8 cm³/mol. The fourth-order valence-electron chi connectivity index (χ4n) is 1.25. The van der Waals surface area contributed by atoms with Gasteiger partial charge >= 0.3 is 6.09 Å². The van der Waals surface area contributed by atoms with E-state index in [-0.39, 0.29) is 10.5 Å². The molecule has 5 nitrogen and oxygen atoms in total. The molecule has 1 amide bonds. The topological polar surface area (TPSA) is 62.7 Å². The molecular weight excluding hydrogens is 274 g/mol. The number of hydrogen-bond acceptors (Lipinski definition) is 4. The minimum absolute atomic E-state index is 0.0160. The lowest BCUT2D eigenvalue weighted by Crippen LogP contribution is -2.33. The summed E-state index contributed by atoms with van der Waals surface area (Å²) in [5.41, 5.74) is 1.45. The molecule has 6 heteroatoms. The lowest BCUT2D eigenvalue weighted by atomic mass is 9.99. The van der Waals surface area contributed by atoms with E-state index in [1.807, 2.05) is 30.5 Å². The summed E-state index contributed by atoms with van der Waals surface area (Å²) in [4.78, 5) is 15.5. The van der Waals surface area contributed by atoms with E-state index in [0.29, 0.717) is 0 Å². The van der Waals surface area contributed by atoms with Gasteiger partial charge in [0.05, 0.1) is 18.5 Å². The minimum atomic E-state index is -0.613. The van der Waals surface area contributed by atoms with E-state index >= 15 is 0 Å². The Morgan fingerprint density at radius 1 is 1.35 bits per heavy atom. The van der Waals surface area contributed by atoms with Crippen LogP contribution in [-0.2, 0) is 4.74 Å². The summed E-state index contributed by atoms with van der Waals surface area (Å²) in [6.45, 7) is 6.20. The smallest absolute Gasteiger partial charge is 0.413 e. The molecule has 0 aliphatic rings. The summed E-state index contributed by atoms with van der Waals surface area (Å²) in [5, 5.41) is 5.46. The van der Waals surface area contributed by atoms with Gasteiger partial charge in [-0.05, 0) is 29.8 Å². The van der Waals surface area contributed by atoms with E-state index in [1.54, 1.807) is 0 Å². The molecule has 1 aromatic rings. The zero-order chi connectivity index (χ0) is 15.2. The molecule has 0 bridgehead atoms. The third-order valence-electron chi connectivity index (χ3n) is 2.14. The number of anilines is 1. The number of ether oxygens (including phenoxy) is 1. The zero-order valence-corrected chi connectivity index (χ0v) is 12.9. The van der Waals surface area contributed by atoms with Gasteiger partial charge in [0.1, 0.15) is 0 Å². The van der Waals surface area contributed by atoms with E-state index in [1.165, 1.54) is 7.11 Å². The largest absolute Gasteiger partial charge is 0.453 e. The maximum atomic E-state index is 11.1. The minimum Gasteiger partial charge on any atom is -0.453 e. The molecule has 0 saturated carbocycles. The van der Waals surface area contributed by atoms with Crippen molar-refractivity contribution in [2.24, 2.45) is 10.4 Å². The number of carbonyl (C=O) groups excluding carboxylic acids is 1. The molecule has 0 saturated heterocycles. The molecule has 0 unspecified atom stereocenters. The van der Waals surface area contributed by atoms with E-state index in [2.05, 4.69) is 41.1 Å². The number of methoxy groups -OCH3 is 1. The molecule has 0 heterocycles. The van der Waals surface area contributed by atoms with E-state index in [4.69, 9.17) is 12.2 Å². The van der Waals surface area contributed by atoms with Crippen LogP contribution in [0.3, 0.4) is 0 Å². The van der Waals surface area contributed by atoms with Crippen molar-refractivity contribution in [3.8, 4) is 0 Å². The number of nitrogens with zero attached hydrogens (tertiary/aromatic N) is 1. The van der Waals surface area contributed by atoms with Gasteiger partial charge in [-0.1, -0.05) is 32.9 Å². The fourth-order valence-corrected chi connectivity index (χ4v) is 1.45. The van der Waals surface area contributed by atoms with Crippen LogP contribution in [-0.4, -0.2) is 24.5 Å². The molecular formula is C14H19N3O2S. The molecule has 108 valence electrons. The van der Waals surface area contributed by atoms with Crippen LogP contribution in [0.15, 0.2) is 29.3 Å². The van der Waals surface area contributed by atoms with Crippen LogP contribution in [0.4, 0.5) is 16.2 Å². The molecule has 0 aliphatic carbocycles. The summed E-state index contributed by atoms with van der Waals surface area (Å²) >= 11 is 5.02. The van der Waals surface area contributed by atoms with Crippen molar-refractivity contribution in [2.45, 2.75) is 20.8 Å². The van der Waals surface area contributed by atoms with E-state index < -0.39 is 6.09 Å². The van der Waals surface area contributed by atoms with Crippen molar-refractivity contribution in [1.29, 1.82) is 0 Å².